The quantitative estimate of drug-likeness (QED) is 0.670. The number of hydrogen-bond acceptors (Lipinski definition) is 2. The monoisotopic (exact) mass is 268 g/mol. The molecule has 1 aliphatic carbocycles. The highest BCUT2D eigenvalue weighted by molar-refractivity contribution is 5.76. The number of carbonyl (C=O) groups is 2. The molecule has 0 unspecified atom stereocenters. The summed E-state index contributed by atoms with van der Waals surface area (Å²) in [4.78, 5) is 22.8. The zero-order chi connectivity index (χ0) is 14.3. The number of hydrogen-bond donors (Lipinski definition) is 3. The van der Waals surface area contributed by atoms with Crippen molar-refractivity contribution in [1.82, 2.24) is 10.6 Å². The molecule has 0 heterocycles. The molecule has 0 bridgehead atoms. The second-order valence-electron chi connectivity index (χ2n) is 5.53. The number of carbonyl (C=O) groups excluding carboxylic acids is 1. The third-order valence-corrected chi connectivity index (χ3v) is 3.45. The zero-order valence-electron chi connectivity index (χ0n) is 11.8. The minimum Gasteiger partial charge on any atom is -0.481 e. The van der Waals surface area contributed by atoms with Gasteiger partial charge in [0.05, 0.1) is 12.0 Å². The molecule has 0 saturated heterocycles. The molecule has 1 fully saturated rings. The number of carboxylic acid groups (broad SMARTS) is 1. The third-order valence-electron chi connectivity index (χ3n) is 3.45. The van der Waals surface area contributed by atoms with Gasteiger partial charge in [-0.2, -0.15) is 0 Å². The Morgan fingerprint density at radius 1 is 1.21 bits per heavy atom. The predicted octanol–water partition coefficient (Wildman–Crippen LogP) is 2.43. The van der Waals surface area contributed by atoms with Crippen molar-refractivity contribution < 1.29 is 14.7 Å². The Kier molecular flexibility index (Phi) is 5.86. The fourth-order valence-electron chi connectivity index (χ4n) is 2.50. The highest BCUT2D eigenvalue weighted by Gasteiger charge is 2.35. The molecular weight excluding hydrogens is 244 g/mol. The molecule has 0 aromatic heterocycles. The van der Waals surface area contributed by atoms with Gasteiger partial charge in [0.25, 0.3) is 0 Å². The van der Waals surface area contributed by atoms with Gasteiger partial charge in [-0.05, 0) is 26.7 Å². The van der Waals surface area contributed by atoms with Crippen LogP contribution in [0.5, 0.6) is 0 Å². The maximum atomic E-state index is 11.8. The van der Waals surface area contributed by atoms with Crippen LogP contribution >= 0.6 is 0 Å². The van der Waals surface area contributed by atoms with Crippen LogP contribution in [0.4, 0.5) is 4.79 Å². The summed E-state index contributed by atoms with van der Waals surface area (Å²) in [6.07, 6.45) is 6.48. The average molecular weight is 268 g/mol. The summed E-state index contributed by atoms with van der Waals surface area (Å²) in [7, 11) is 0. The van der Waals surface area contributed by atoms with Crippen LogP contribution in [0.2, 0.25) is 0 Å². The Hall–Kier alpha value is -1.52. The molecule has 5 nitrogen and oxygen atoms in total. The van der Waals surface area contributed by atoms with E-state index < -0.39 is 11.5 Å². The third kappa shape index (κ3) is 5.77. The number of allylic oxidation sites excluding steroid dienone is 1. The Morgan fingerprint density at radius 3 is 2.37 bits per heavy atom. The first-order chi connectivity index (χ1) is 8.93. The van der Waals surface area contributed by atoms with Crippen molar-refractivity contribution in [2.24, 2.45) is 0 Å². The van der Waals surface area contributed by atoms with Crippen molar-refractivity contribution in [2.75, 3.05) is 6.54 Å². The summed E-state index contributed by atoms with van der Waals surface area (Å²) in [5, 5.41) is 14.6. The van der Waals surface area contributed by atoms with Gasteiger partial charge < -0.3 is 15.7 Å². The van der Waals surface area contributed by atoms with Crippen LogP contribution in [0, 0.1) is 0 Å². The van der Waals surface area contributed by atoms with Crippen LogP contribution in [0.25, 0.3) is 0 Å². The van der Waals surface area contributed by atoms with Crippen molar-refractivity contribution in [2.45, 2.75) is 57.9 Å². The standard InChI is InChI=1S/C14H24N2O3/c1-11(2)6-9-15-13(19)16-14(10-12(17)18)7-4-3-5-8-14/h6H,3-5,7-10H2,1-2H3,(H,17,18)(H2,15,16,19). The van der Waals surface area contributed by atoms with Gasteiger partial charge in [0.1, 0.15) is 0 Å². The van der Waals surface area contributed by atoms with Crippen molar-refractivity contribution in [3.8, 4) is 0 Å². The van der Waals surface area contributed by atoms with Crippen molar-refractivity contribution >= 4 is 12.0 Å². The maximum absolute atomic E-state index is 11.8. The molecule has 0 atom stereocenters. The molecular formula is C14H24N2O3. The summed E-state index contributed by atoms with van der Waals surface area (Å²) in [5.41, 5.74) is 0.567. The van der Waals surface area contributed by atoms with E-state index in [1.165, 1.54) is 0 Å². The Labute approximate surface area is 114 Å². The average Bonchev–Trinajstić information content (AvgIpc) is 2.27. The van der Waals surface area contributed by atoms with Crippen LogP contribution in [-0.4, -0.2) is 29.2 Å². The number of aliphatic carboxylic acids is 1. The number of nitrogens with one attached hydrogen (secondary N) is 2. The van der Waals surface area contributed by atoms with E-state index in [2.05, 4.69) is 10.6 Å². The Balaban J connectivity index is 2.54. The van der Waals surface area contributed by atoms with E-state index in [4.69, 9.17) is 5.11 Å². The fraction of sp³-hybridized carbons (Fsp3) is 0.714. The van der Waals surface area contributed by atoms with Crippen molar-refractivity contribution in [1.29, 1.82) is 0 Å². The van der Waals surface area contributed by atoms with Crippen LogP contribution in [0.3, 0.4) is 0 Å². The van der Waals surface area contributed by atoms with Gasteiger partial charge in [-0.25, -0.2) is 4.79 Å². The van der Waals surface area contributed by atoms with Crippen LogP contribution in [0.15, 0.2) is 11.6 Å². The van der Waals surface area contributed by atoms with Gasteiger partial charge in [0.2, 0.25) is 0 Å². The van der Waals surface area contributed by atoms with Gasteiger partial charge in [-0.1, -0.05) is 30.9 Å². The molecule has 3 N–H and O–H groups in total. The molecule has 1 rings (SSSR count). The van der Waals surface area contributed by atoms with E-state index in [-0.39, 0.29) is 12.5 Å². The minimum absolute atomic E-state index is 0.00304. The predicted molar refractivity (Wildman–Crippen MR) is 74.0 cm³/mol. The highest BCUT2D eigenvalue weighted by Crippen LogP contribution is 2.31. The molecule has 0 aliphatic heterocycles. The van der Waals surface area contributed by atoms with Crippen molar-refractivity contribution in [3.63, 3.8) is 0 Å². The second kappa shape index (κ2) is 7.16. The van der Waals surface area contributed by atoms with Gasteiger partial charge in [0, 0.05) is 6.54 Å². The molecule has 0 radical (unpaired) electrons. The maximum Gasteiger partial charge on any atom is 0.315 e. The first-order valence-corrected chi connectivity index (χ1v) is 6.85. The van der Waals surface area contributed by atoms with E-state index in [1.54, 1.807) is 0 Å². The Morgan fingerprint density at radius 2 is 1.84 bits per heavy atom. The highest BCUT2D eigenvalue weighted by atomic mass is 16.4. The second-order valence-corrected chi connectivity index (χ2v) is 5.53. The zero-order valence-corrected chi connectivity index (χ0v) is 11.8. The largest absolute Gasteiger partial charge is 0.481 e. The lowest BCUT2D eigenvalue weighted by atomic mass is 9.79. The van der Waals surface area contributed by atoms with Gasteiger partial charge in [0.15, 0.2) is 0 Å². The lowest BCUT2D eigenvalue weighted by molar-refractivity contribution is -0.139. The summed E-state index contributed by atoms with van der Waals surface area (Å²) < 4.78 is 0. The molecule has 0 aromatic rings. The van der Waals surface area contributed by atoms with E-state index in [0.29, 0.717) is 6.54 Å². The molecule has 1 saturated carbocycles. The normalized spacial score (nSPS) is 17.4. The topological polar surface area (TPSA) is 78.4 Å². The van der Waals surface area contributed by atoms with E-state index in [1.807, 2.05) is 19.9 Å². The van der Waals surface area contributed by atoms with Gasteiger partial charge in [-0.3, -0.25) is 4.79 Å². The summed E-state index contributed by atoms with van der Waals surface area (Å²) in [6.45, 7) is 4.40. The lowest BCUT2D eigenvalue weighted by Crippen LogP contribution is -2.54. The van der Waals surface area contributed by atoms with Crippen LogP contribution in [-0.2, 0) is 4.79 Å². The number of urea groups is 1. The molecule has 1 aliphatic rings. The van der Waals surface area contributed by atoms with Crippen LogP contribution < -0.4 is 10.6 Å². The molecule has 19 heavy (non-hydrogen) atoms. The molecule has 0 aromatic carbocycles. The van der Waals surface area contributed by atoms with Crippen LogP contribution in [0.1, 0.15) is 52.4 Å². The summed E-state index contributed by atoms with van der Waals surface area (Å²) in [5.74, 6) is -0.855. The van der Waals surface area contributed by atoms with E-state index in [9.17, 15) is 9.59 Å². The van der Waals surface area contributed by atoms with E-state index >= 15 is 0 Å². The van der Waals surface area contributed by atoms with E-state index in [0.717, 1.165) is 37.7 Å². The lowest BCUT2D eigenvalue weighted by Gasteiger charge is -2.36. The van der Waals surface area contributed by atoms with Gasteiger partial charge >= 0.3 is 12.0 Å². The minimum atomic E-state index is -0.855. The summed E-state index contributed by atoms with van der Waals surface area (Å²) in [6, 6.07) is -0.277. The first-order valence-electron chi connectivity index (χ1n) is 6.85. The first kappa shape index (κ1) is 15.5. The fourth-order valence-corrected chi connectivity index (χ4v) is 2.50. The summed E-state index contributed by atoms with van der Waals surface area (Å²) >= 11 is 0. The van der Waals surface area contributed by atoms with Crippen molar-refractivity contribution in [3.05, 3.63) is 11.6 Å². The molecule has 108 valence electrons. The Bertz CT molecular complexity index is 354. The molecule has 2 amide bonds. The van der Waals surface area contributed by atoms with Gasteiger partial charge in [-0.15, -0.1) is 0 Å². The number of amides is 2. The molecule has 5 heteroatoms. The number of rotatable bonds is 5. The smallest absolute Gasteiger partial charge is 0.315 e. The SMILES string of the molecule is CC(C)=CCNC(=O)NC1(CC(=O)O)CCCCC1. The molecule has 0 spiro atoms. The number of carboxylic acids is 1.